The summed E-state index contributed by atoms with van der Waals surface area (Å²) in [6.07, 6.45) is 3.30. The maximum Gasteiger partial charge on any atom is 0.269 e. The van der Waals surface area contributed by atoms with Crippen molar-refractivity contribution in [2.45, 2.75) is 40.3 Å². The SMILES string of the molecule is COCC(C)NC(=O)Cn1c(=O)/c(=C\c2cccc3ccccc23)s/c1=C/C(=O)C(C)(C)C. The van der Waals surface area contributed by atoms with Gasteiger partial charge in [-0.3, -0.25) is 19.0 Å². The van der Waals surface area contributed by atoms with Gasteiger partial charge in [-0.05, 0) is 29.3 Å². The third-order valence-corrected chi connectivity index (χ3v) is 6.23. The van der Waals surface area contributed by atoms with Gasteiger partial charge in [0.25, 0.3) is 5.56 Å². The van der Waals surface area contributed by atoms with Gasteiger partial charge in [0.05, 0.1) is 11.1 Å². The molecule has 0 saturated carbocycles. The molecule has 1 heterocycles. The smallest absolute Gasteiger partial charge is 0.269 e. The molecule has 1 amide bonds. The minimum absolute atomic E-state index is 0.109. The molecule has 1 N–H and O–H groups in total. The summed E-state index contributed by atoms with van der Waals surface area (Å²) in [7, 11) is 1.56. The van der Waals surface area contributed by atoms with Crippen molar-refractivity contribution in [3.8, 4) is 0 Å². The van der Waals surface area contributed by atoms with E-state index < -0.39 is 5.41 Å². The molecule has 33 heavy (non-hydrogen) atoms. The number of Topliss-reactive ketones (excluding diaryl/α,β-unsaturated/α-hetero) is 1. The maximum atomic E-state index is 13.3. The van der Waals surface area contributed by atoms with Crippen molar-refractivity contribution >= 4 is 46.0 Å². The van der Waals surface area contributed by atoms with Crippen LogP contribution in [0, 0.1) is 5.41 Å². The highest BCUT2D eigenvalue weighted by molar-refractivity contribution is 7.07. The van der Waals surface area contributed by atoms with Gasteiger partial charge in [0, 0.05) is 24.6 Å². The van der Waals surface area contributed by atoms with Crippen LogP contribution in [0.15, 0.2) is 47.3 Å². The average molecular weight is 467 g/mol. The number of hydrogen-bond donors (Lipinski definition) is 1. The molecule has 7 heteroatoms. The van der Waals surface area contributed by atoms with Crippen molar-refractivity contribution in [2.75, 3.05) is 13.7 Å². The van der Waals surface area contributed by atoms with Gasteiger partial charge < -0.3 is 10.1 Å². The standard InChI is InChI=1S/C26H30N2O4S/c1-17(16-32-5)27-23(30)15-28-24(14-22(29)26(2,3)4)33-21(25(28)31)13-19-11-8-10-18-9-6-7-12-20(18)19/h6-14,17H,15-16H2,1-5H3,(H,27,30)/b21-13+,24-14+. The number of benzene rings is 2. The van der Waals surface area contributed by atoms with Crippen LogP contribution in [0.5, 0.6) is 0 Å². The van der Waals surface area contributed by atoms with E-state index in [0.29, 0.717) is 15.8 Å². The number of ketones is 1. The van der Waals surface area contributed by atoms with E-state index in [4.69, 9.17) is 4.74 Å². The van der Waals surface area contributed by atoms with Crippen LogP contribution in [0.3, 0.4) is 0 Å². The lowest BCUT2D eigenvalue weighted by Gasteiger charge is -2.14. The first-order chi connectivity index (χ1) is 15.6. The van der Waals surface area contributed by atoms with Gasteiger partial charge in [0.15, 0.2) is 5.78 Å². The number of methoxy groups -OCH3 is 1. The van der Waals surface area contributed by atoms with E-state index in [-0.39, 0.29) is 29.8 Å². The molecule has 174 valence electrons. The first-order valence-corrected chi connectivity index (χ1v) is 11.7. The summed E-state index contributed by atoms with van der Waals surface area (Å²) in [6, 6.07) is 13.7. The number of aromatic nitrogens is 1. The van der Waals surface area contributed by atoms with Gasteiger partial charge in [-0.25, -0.2) is 0 Å². The number of fused-ring (bicyclic) bond motifs is 1. The summed E-state index contributed by atoms with van der Waals surface area (Å²) < 4.78 is 7.36. The van der Waals surface area contributed by atoms with Gasteiger partial charge in [0.1, 0.15) is 11.2 Å². The number of thiazole rings is 1. The Kier molecular flexibility index (Phi) is 7.66. The van der Waals surface area contributed by atoms with E-state index in [1.54, 1.807) is 7.11 Å². The van der Waals surface area contributed by atoms with Crippen LogP contribution in [0.1, 0.15) is 33.3 Å². The Morgan fingerprint density at radius 2 is 1.85 bits per heavy atom. The molecule has 1 atom stereocenters. The number of carbonyl (C=O) groups is 2. The average Bonchev–Trinajstić information content (AvgIpc) is 3.02. The molecule has 0 fully saturated rings. The van der Waals surface area contributed by atoms with Gasteiger partial charge >= 0.3 is 0 Å². The maximum absolute atomic E-state index is 13.3. The molecule has 3 rings (SSSR count). The van der Waals surface area contributed by atoms with Crippen LogP contribution >= 0.6 is 11.3 Å². The zero-order valence-corrected chi connectivity index (χ0v) is 20.5. The summed E-state index contributed by atoms with van der Waals surface area (Å²) in [4.78, 5) is 38.6. The van der Waals surface area contributed by atoms with E-state index in [1.165, 1.54) is 22.0 Å². The highest BCUT2D eigenvalue weighted by Gasteiger charge is 2.20. The number of ether oxygens (including phenoxy) is 1. The highest BCUT2D eigenvalue weighted by Crippen LogP contribution is 2.19. The Hall–Kier alpha value is -3.03. The number of amides is 1. The quantitative estimate of drug-likeness (QED) is 0.580. The van der Waals surface area contributed by atoms with Crippen LogP contribution < -0.4 is 20.1 Å². The van der Waals surface area contributed by atoms with Gasteiger partial charge in [-0.15, -0.1) is 11.3 Å². The Balaban J connectivity index is 2.13. The minimum atomic E-state index is -0.598. The Morgan fingerprint density at radius 1 is 1.15 bits per heavy atom. The Morgan fingerprint density at radius 3 is 2.55 bits per heavy atom. The molecule has 1 unspecified atom stereocenters. The lowest BCUT2D eigenvalue weighted by molar-refractivity contribution is -0.123. The number of carbonyl (C=O) groups excluding carboxylic acids is 2. The summed E-state index contributed by atoms with van der Waals surface area (Å²) in [5, 5.41) is 4.93. The Bertz CT molecular complexity index is 1340. The lowest BCUT2D eigenvalue weighted by atomic mass is 9.91. The molecule has 0 bridgehead atoms. The number of rotatable bonds is 7. The van der Waals surface area contributed by atoms with Crippen LogP contribution in [0.25, 0.3) is 22.9 Å². The summed E-state index contributed by atoms with van der Waals surface area (Å²) in [6.45, 7) is 7.49. The van der Waals surface area contributed by atoms with Crippen molar-refractivity contribution in [1.29, 1.82) is 0 Å². The molecular formula is C26H30N2O4S. The fourth-order valence-corrected chi connectivity index (χ4v) is 4.43. The second-order valence-corrected chi connectivity index (χ2v) is 10.2. The third-order valence-electron chi connectivity index (χ3n) is 5.17. The van der Waals surface area contributed by atoms with Crippen LogP contribution in [0.4, 0.5) is 0 Å². The normalized spacial score (nSPS) is 14.0. The van der Waals surface area contributed by atoms with Gasteiger partial charge in [-0.2, -0.15) is 0 Å². The third kappa shape index (κ3) is 6.06. The van der Waals surface area contributed by atoms with E-state index in [0.717, 1.165) is 16.3 Å². The van der Waals surface area contributed by atoms with Crippen LogP contribution in [0.2, 0.25) is 0 Å². The largest absolute Gasteiger partial charge is 0.383 e. The van der Waals surface area contributed by atoms with Crippen LogP contribution in [-0.2, 0) is 20.9 Å². The predicted octanol–water partition coefficient (Wildman–Crippen LogP) is 2.44. The molecule has 0 aliphatic carbocycles. The van der Waals surface area contributed by atoms with E-state index >= 15 is 0 Å². The van der Waals surface area contributed by atoms with Crippen LogP contribution in [-0.4, -0.2) is 36.0 Å². The first kappa shape index (κ1) is 24.6. The molecule has 2 aromatic carbocycles. The fourth-order valence-electron chi connectivity index (χ4n) is 3.39. The van der Waals surface area contributed by atoms with E-state index in [9.17, 15) is 14.4 Å². The second kappa shape index (κ2) is 10.3. The van der Waals surface area contributed by atoms with Crippen molar-refractivity contribution in [3.63, 3.8) is 0 Å². The zero-order valence-electron chi connectivity index (χ0n) is 19.7. The van der Waals surface area contributed by atoms with Gasteiger partial charge in [-0.1, -0.05) is 63.2 Å². The van der Waals surface area contributed by atoms with Crippen molar-refractivity contribution < 1.29 is 14.3 Å². The topological polar surface area (TPSA) is 77.4 Å². The molecule has 0 saturated heterocycles. The monoisotopic (exact) mass is 466 g/mol. The number of nitrogens with one attached hydrogen (secondary N) is 1. The summed E-state index contributed by atoms with van der Waals surface area (Å²) in [5.41, 5.74) is 0.0143. The molecule has 0 spiro atoms. The summed E-state index contributed by atoms with van der Waals surface area (Å²) >= 11 is 1.22. The fraction of sp³-hybridized carbons (Fsp3) is 0.346. The van der Waals surface area contributed by atoms with Gasteiger partial charge in [0.2, 0.25) is 5.91 Å². The molecule has 0 radical (unpaired) electrons. The number of nitrogens with zero attached hydrogens (tertiary/aromatic N) is 1. The lowest BCUT2D eigenvalue weighted by Crippen LogP contribution is -2.42. The molecular weight excluding hydrogens is 436 g/mol. The molecule has 0 aliphatic rings. The van der Waals surface area contributed by atoms with E-state index in [1.807, 2.05) is 76.2 Å². The number of hydrogen-bond acceptors (Lipinski definition) is 5. The molecule has 3 aromatic rings. The van der Waals surface area contributed by atoms with Crippen molar-refractivity contribution in [3.05, 3.63) is 67.6 Å². The van der Waals surface area contributed by atoms with E-state index in [2.05, 4.69) is 5.32 Å². The zero-order chi connectivity index (χ0) is 24.2. The first-order valence-electron chi connectivity index (χ1n) is 10.8. The van der Waals surface area contributed by atoms with Crippen molar-refractivity contribution in [2.24, 2.45) is 5.41 Å². The predicted molar refractivity (Wildman–Crippen MR) is 134 cm³/mol. The molecule has 0 aliphatic heterocycles. The second-order valence-electron chi connectivity index (χ2n) is 9.09. The summed E-state index contributed by atoms with van der Waals surface area (Å²) in [5.74, 6) is -0.420. The van der Waals surface area contributed by atoms with Crippen molar-refractivity contribution in [1.82, 2.24) is 9.88 Å². The molecule has 1 aromatic heterocycles. The highest BCUT2D eigenvalue weighted by atomic mass is 32.1. The molecule has 6 nitrogen and oxygen atoms in total. The minimum Gasteiger partial charge on any atom is -0.383 e. The Labute approximate surface area is 197 Å².